The maximum atomic E-state index is 13.2. The van der Waals surface area contributed by atoms with Gasteiger partial charge in [0.05, 0.1) is 19.2 Å². The molecular formula is C15H15FN4O3. The van der Waals surface area contributed by atoms with Crippen molar-refractivity contribution in [3.05, 3.63) is 35.7 Å². The van der Waals surface area contributed by atoms with Gasteiger partial charge in [-0.1, -0.05) is 12.1 Å². The quantitative estimate of drug-likeness (QED) is 0.714. The number of benzene rings is 1. The molecule has 1 aliphatic rings. The van der Waals surface area contributed by atoms with Crippen LogP contribution >= 0.6 is 0 Å². The summed E-state index contributed by atoms with van der Waals surface area (Å²) in [6.07, 6.45) is 0.790. The maximum Gasteiger partial charge on any atom is 0.298 e. The smallest absolute Gasteiger partial charge is 0.298 e. The van der Waals surface area contributed by atoms with Crippen LogP contribution in [0, 0.1) is 5.82 Å². The van der Waals surface area contributed by atoms with Gasteiger partial charge in [-0.05, 0) is 12.1 Å². The number of fused-ring (bicyclic) bond motifs is 1. The monoisotopic (exact) mass is 318 g/mol. The molecule has 2 aromatic heterocycles. The summed E-state index contributed by atoms with van der Waals surface area (Å²) in [7, 11) is 0. The minimum Gasteiger partial charge on any atom is -0.423 e. The molecule has 0 radical (unpaired) electrons. The van der Waals surface area contributed by atoms with Crippen LogP contribution in [-0.2, 0) is 17.8 Å². The van der Waals surface area contributed by atoms with E-state index in [9.17, 15) is 4.39 Å². The van der Waals surface area contributed by atoms with Crippen molar-refractivity contribution in [2.45, 2.75) is 26.1 Å². The Morgan fingerprint density at radius 1 is 1.35 bits per heavy atom. The van der Waals surface area contributed by atoms with Crippen LogP contribution < -0.4 is 4.90 Å². The van der Waals surface area contributed by atoms with Crippen LogP contribution in [0.25, 0.3) is 11.1 Å². The van der Waals surface area contributed by atoms with Crippen LogP contribution in [-0.4, -0.2) is 34.3 Å². The van der Waals surface area contributed by atoms with E-state index in [1.54, 1.807) is 6.07 Å². The van der Waals surface area contributed by atoms with Gasteiger partial charge in [-0.15, -0.1) is 0 Å². The Bertz CT molecular complexity index is 825. The van der Waals surface area contributed by atoms with Crippen LogP contribution in [0.3, 0.4) is 0 Å². The lowest BCUT2D eigenvalue weighted by Gasteiger charge is -2.37. The van der Waals surface area contributed by atoms with Crippen molar-refractivity contribution in [2.24, 2.45) is 0 Å². The predicted molar refractivity (Wildman–Crippen MR) is 78.4 cm³/mol. The van der Waals surface area contributed by atoms with Crippen LogP contribution in [0.4, 0.5) is 10.4 Å². The van der Waals surface area contributed by atoms with E-state index in [1.807, 2.05) is 11.8 Å². The molecule has 0 amide bonds. The number of ether oxygens (including phenoxy) is 1. The highest BCUT2D eigenvalue weighted by atomic mass is 19.1. The fourth-order valence-corrected chi connectivity index (χ4v) is 2.40. The topological polar surface area (TPSA) is 77.4 Å². The molecule has 1 fully saturated rings. The van der Waals surface area contributed by atoms with E-state index in [0.717, 1.165) is 6.42 Å². The minimum atomic E-state index is -0.337. The van der Waals surface area contributed by atoms with Crippen molar-refractivity contribution in [2.75, 3.05) is 18.0 Å². The Kier molecular flexibility index (Phi) is 3.45. The second-order valence-corrected chi connectivity index (χ2v) is 5.40. The molecule has 0 N–H and O–H groups in total. The van der Waals surface area contributed by atoms with Gasteiger partial charge in [0.2, 0.25) is 0 Å². The number of hydrogen-bond acceptors (Lipinski definition) is 7. The summed E-state index contributed by atoms with van der Waals surface area (Å²) in [4.78, 5) is 10.5. The maximum absolute atomic E-state index is 13.2. The van der Waals surface area contributed by atoms with E-state index in [-0.39, 0.29) is 11.9 Å². The molecular weight excluding hydrogens is 303 g/mol. The van der Waals surface area contributed by atoms with E-state index >= 15 is 0 Å². The summed E-state index contributed by atoms with van der Waals surface area (Å²) in [6, 6.07) is 4.79. The molecule has 3 heterocycles. The summed E-state index contributed by atoms with van der Waals surface area (Å²) >= 11 is 0. The van der Waals surface area contributed by atoms with Crippen LogP contribution in [0.2, 0.25) is 0 Å². The fourth-order valence-electron chi connectivity index (χ4n) is 2.40. The third-order valence-electron chi connectivity index (χ3n) is 3.73. The zero-order chi connectivity index (χ0) is 15.8. The van der Waals surface area contributed by atoms with Crippen LogP contribution in [0.5, 0.6) is 0 Å². The third kappa shape index (κ3) is 2.77. The van der Waals surface area contributed by atoms with Gasteiger partial charge in [0.1, 0.15) is 17.9 Å². The molecule has 0 bridgehead atoms. The van der Waals surface area contributed by atoms with Crippen LogP contribution in [0.1, 0.15) is 18.6 Å². The van der Waals surface area contributed by atoms with Crippen molar-refractivity contribution in [1.29, 1.82) is 0 Å². The average Bonchev–Trinajstić information content (AvgIpc) is 3.11. The molecule has 7 nitrogen and oxygen atoms in total. The molecule has 0 aliphatic carbocycles. The molecule has 4 rings (SSSR count). The van der Waals surface area contributed by atoms with E-state index in [4.69, 9.17) is 13.7 Å². The molecule has 0 atom stereocenters. The van der Waals surface area contributed by atoms with Gasteiger partial charge in [0.15, 0.2) is 11.4 Å². The van der Waals surface area contributed by atoms with Crippen molar-refractivity contribution >= 4 is 17.1 Å². The van der Waals surface area contributed by atoms with Gasteiger partial charge < -0.3 is 18.6 Å². The van der Waals surface area contributed by atoms with Gasteiger partial charge in [0.25, 0.3) is 11.9 Å². The molecule has 1 aromatic carbocycles. The summed E-state index contributed by atoms with van der Waals surface area (Å²) < 4.78 is 29.5. The molecule has 8 heteroatoms. The zero-order valence-corrected chi connectivity index (χ0v) is 12.5. The molecule has 0 spiro atoms. The molecule has 0 unspecified atom stereocenters. The Morgan fingerprint density at radius 2 is 2.22 bits per heavy atom. The molecule has 120 valence electrons. The number of aromatic nitrogens is 3. The highest BCUT2D eigenvalue weighted by molar-refractivity contribution is 5.74. The highest BCUT2D eigenvalue weighted by Gasteiger charge is 2.31. The summed E-state index contributed by atoms with van der Waals surface area (Å²) in [5.74, 6) is 0.825. The van der Waals surface area contributed by atoms with Gasteiger partial charge in [0, 0.05) is 12.5 Å². The number of halogens is 1. The SMILES string of the molecule is CCc1noc(COC2CN(c3nc4ccc(F)cc4o3)C2)n1. The minimum absolute atomic E-state index is 0.0544. The number of aryl methyl sites for hydroxylation is 1. The van der Waals surface area contributed by atoms with Crippen molar-refractivity contribution in [3.63, 3.8) is 0 Å². The van der Waals surface area contributed by atoms with Gasteiger partial charge in [-0.25, -0.2) is 4.39 Å². The Labute approximate surface area is 131 Å². The first-order chi connectivity index (χ1) is 11.2. The Hall–Kier alpha value is -2.48. The normalized spacial score (nSPS) is 15.3. The number of oxazole rings is 1. The average molecular weight is 318 g/mol. The molecule has 3 aromatic rings. The largest absolute Gasteiger partial charge is 0.423 e. The number of hydrogen-bond donors (Lipinski definition) is 0. The Morgan fingerprint density at radius 3 is 3.00 bits per heavy atom. The molecule has 1 aliphatic heterocycles. The molecule has 1 saturated heterocycles. The number of nitrogens with zero attached hydrogens (tertiary/aromatic N) is 4. The molecule has 0 saturated carbocycles. The van der Waals surface area contributed by atoms with Crippen molar-refractivity contribution in [3.8, 4) is 0 Å². The lowest BCUT2D eigenvalue weighted by molar-refractivity contribution is 0.00788. The van der Waals surface area contributed by atoms with Gasteiger partial charge >= 0.3 is 0 Å². The first-order valence-corrected chi connectivity index (χ1v) is 7.45. The zero-order valence-electron chi connectivity index (χ0n) is 12.5. The Balaban J connectivity index is 1.33. The lowest BCUT2D eigenvalue weighted by atomic mass is 10.2. The number of rotatable bonds is 5. The van der Waals surface area contributed by atoms with Crippen molar-refractivity contribution < 1.29 is 18.1 Å². The first-order valence-electron chi connectivity index (χ1n) is 7.45. The predicted octanol–water partition coefficient (Wildman–Crippen LogP) is 2.32. The molecule has 23 heavy (non-hydrogen) atoms. The summed E-state index contributed by atoms with van der Waals surface area (Å²) in [5.41, 5.74) is 1.09. The second-order valence-electron chi connectivity index (χ2n) is 5.40. The van der Waals surface area contributed by atoms with Crippen molar-refractivity contribution in [1.82, 2.24) is 15.1 Å². The number of anilines is 1. The van der Waals surface area contributed by atoms with Gasteiger partial charge in [-0.2, -0.15) is 9.97 Å². The summed E-state index contributed by atoms with van der Waals surface area (Å²) in [6.45, 7) is 3.57. The first kappa shape index (κ1) is 14.1. The second kappa shape index (κ2) is 5.62. The van der Waals surface area contributed by atoms with Gasteiger partial charge in [-0.3, -0.25) is 0 Å². The third-order valence-corrected chi connectivity index (χ3v) is 3.73. The van der Waals surface area contributed by atoms with E-state index in [1.165, 1.54) is 12.1 Å². The standard InChI is InChI=1S/C15H15FN4O3/c1-2-13-18-14(23-19-13)8-21-10-6-20(7-10)15-17-11-4-3-9(16)5-12(11)22-15/h3-5,10H,2,6-8H2,1H3. The fraction of sp³-hybridized carbons (Fsp3) is 0.400. The lowest BCUT2D eigenvalue weighted by Crippen LogP contribution is -2.52. The van der Waals surface area contributed by atoms with E-state index < -0.39 is 0 Å². The van der Waals surface area contributed by atoms with Crippen LogP contribution in [0.15, 0.2) is 27.1 Å². The summed E-state index contributed by atoms with van der Waals surface area (Å²) in [5, 5.41) is 3.82. The van der Waals surface area contributed by atoms with E-state index in [0.29, 0.717) is 48.5 Å². The highest BCUT2D eigenvalue weighted by Crippen LogP contribution is 2.27. The van der Waals surface area contributed by atoms with E-state index in [2.05, 4.69) is 15.1 Å².